The van der Waals surface area contributed by atoms with Crippen molar-refractivity contribution in [2.75, 3.05) is 18.0 Å². The second-order valence-electron chi connectivity index (χ2n) is 11.3. The van der Waals surface area contributed by atoms with E-state index in [-0.39, 0.29) is 39.8 Å². The summed E-state index contributed by atoms with van der Waals surface area (Å²) >= 11 is 12.5. The molecule has 11 nitrogen and oxygen atoms in total. The number of nitro groups is 1. The molecule has 45 heavy (non-hydrogen) atoms. The number of anilines is 1. The van der Waals surface area contributed by atoms with Gasteiger partial charge < -0.3 is 15.0 Å². The number of nitro benzene ring substituents is 1. The van der Waals surface area contributed by atoms with Gasteiger partial charge in [-0.05, 0) is 82.1 Å². The molecular formula is C31H36Cl2N4O7S. The van der Waals surface area contributed by atoms with Gasteiger partial charge in [-0.2, -0.15) is 0 Å². The van der Waals surface area contributed by atoms with E-state index in [1.54, 1.807) is 39.8 Å². The van der Waals surface area contributed by atoms with Crippen LogP contribution in [0.15, 0.2) is 65.6 Å². The minimum Gasteiger partial charge on any atom is -0.497 e. The third kappa shape index (κ3) is 8.86. The van der Waals surface area contributed by atoms with Gasteiger partial charge in [0, 0.05) is 33.8 Å². The molecular weight excluding hydrogens is 643 g/mol. The van der Waals surface area contributed by atoms with Crippen LogP contribution in [0.3, 0.4) is 0 Å². The van der Waals surface area contributed by atoms with Gasteiger partial charge in [0.05, 0.1) is 22.6 Å². The number of nitrogens with zero attached hydrogens (tertiary/aromatic N) is 3. The number of benzene rings is 3. The first-order valence-electron chi connectivity index (χ1n) is 14.0. The van der Waals surface area contributed by atoms with Gasteiger partial charge in [-0.3, -0.25) is 24.0 Å². The third-order valence-corrected chi connectivity index (χ3v) is 9.20. The molecule has 0 aliphatic rings. The molecule has 3 aromatic carbocycles. The summed E-state index contributed by atoms with van der Waals surface area (Å²) in [6, 6.07) is 13.2. The number of methoxy groups -OCH3 is 1. The molecule has 1 atom stereocenters. The van der Waals surface area contributed by atoms with Gasteiger partial charge in [-0.25, -0.2) is 8.42 Å². The number of halogens is 2. The summed E-state index contributed by atoms with van der Waals surface area (Å²) in [5.74, 6) is -0.702. The largest absolute Gasteiger partial charge is 0.497 e. The van der Waals surface area contributed by atoms with Gasteiger partial charge in [-0.15, -0.1) is 0 Å². The number of ether oxygens (including phenoxy) is 1. The van der Waals surface area contributed by atoms with Crippen molar-refractivity contribution in [3.8, 4) is 5.75 Å². The smallest absolute Gasteiger partial charge is 0.273 e. The Bertz CT molecular complexity index is 1680. The molecule has 0 heterocycles. The summed E-state index contributed by atoms with van der Waals surface area (Å²) < 4.78 is 34.3. The topological polar surface area (TPSA) is 139 Å². The standard InChI is InChI=1S/C31H36Cl2N4O7S/c1-7-27(30(39)34-31(3,4)5)35(18-21-9-10-22(32)16-26(21)33)29(38)19-36(23-11-13-24(44-6)14-12-23)45(42,43)25-15-8-20(2)28(17-25)37(40)41/h8-17,27H,7,18-19H2,1-6H3,(H,34,39)/t27-/m1/s1. The molecule has 242 valence electrons. The molecule has 1 N–H and O–H groups in total. The average Bonchev–Trinajstić information content (AvgIpc) is 2.95. The van der Waals surface area contributed by atoms with Crippen molar-refractivity contribution in [2.24, 2.45) is 0 Å². The van der Waals surface area contributed by atoms with E-state index >= 15 is 0 Å². The Morgan fingerprint density at radius 1 is 1.04 bits per heavy atom. The second kappa shape index (κ2) is 14.5. The molecule has 3 aromatic rings. The van der Waals surface area contributed by atoms with E-state index in [9.17, 15) is 28.1 Å². The van der Waals surface area contributed by atoms with Crippen LogP contribution in [0.2, 0.25) is 10.0 Å². The highest BCUT2D eigenvalue weighted by Gasteiger charge is 2.35. The number of carbonyl (C=O) groups is 2. The maximum atomic E-state index is 14.2. The zero-order valence-corrected chi connectivity index (χ0v) is 28.2. The third-order valence-electron chi connectivity index (χ3n) is 6.84. The van der Waals surface area contributed by atoms with Gasteiger partial charge in [0.15, 0.2) is 0 Å². The number of hydrogen-bond acceptors (Lipinski definition) is 7. The van der Waals surface area contributed by atoms with Gasteiger partial charge >= 0.3 is 0 Å². The number of nitrogens with one attached hydrogen (secondary N) is 1. The minimum atomic E-state index is -4.55. The van der Waals surface area contributed by atoms with Crippen molar-refractivity contribution in [3.63, 3.8) is 0 Å². The summed E-state index contributed by atoms with van der Waals surface area (Å²) in [7, 11) is -3.10. The number of carbonyl (C=O) groups excluding carboxylic acids is 2. The molecule has 0 fully saturated rings. The number of hydrogen-bond donors (Lipinski definition) is 1. The zero-order chi connectivity index (χ0) is 33.7. The highest BCUT2D eigenvalue weighted by atomic mass is 35.5. The maximum Gasteiger partial charge on any atom is 0.273 e. The molecule has 0 saturated heterocycles. The normalized spacial score (nSPS) is 12.3. The monoisotopic (exact) mass is 678 g/mol. The van der Waals surface area contributed by atoms with Crippen LogP contribution in [-0.2, 0) is 26.2 Å². The predicted molar refractivity (Wildman–Crippen MR) is 174 cm³/mol. The van der Waals surface area contributed by atoms with Crippen LogP contribution < -0.4 is 14.4 Å². The van der Waals surface area contributed by atoms with E-state index in [0.717, 1.165) is 10.4 Å². The first-order valence-corrected chi connectivity index (χ1v) is 16.1. The maximum absolute atomic E-state index is 14.2. The molecule has 0 radical (unpaired) electrons. The Morgan fingerprint density at radius 2 is 1.69 bits per heavy atom. The van der Waals surface area contributed by atoms with Crippen molar-refractivity contribution in [1.29, 1.82) is 0 Å². The fourth-order valence-electron chi connectivity index (χ4n) is 4.56. The molecule has 0 aromatic heterocycles. The van der Waals surface area contributed by atoms with Crippen LogP contribution in [-0.4, -0.2) is 55.3 Å². The number of rotatable bonds is 12. The number of aryl methyl sites for hydroxylation is 1. The Kier molecular flexibility index (Phi) is 11.5. The van der Waals surface area contributed by atoms with Crippen molar-refractivity contribution in [2.45, 2.75) is 64.1 Å². The Morgan fingerprint density at radius 3 is 2.22 bits per heavy atom. The van der Waals surface area contributed by atoms with Crippen molar-refractivity contribution >= 4 is 56.4 Å². The Labute approximate surface area is 273 Å². The first kappa shape index (κ1) is 35.6. The SMILES string of the molecule is CC[C@H](C(=O)NC(C)(C)C)N(Cc1ccc(Cl)cc1Cl)C(=O)CN(c1ccc(OC)cc1)S(=O)(=O)c1ccc(C)c([N+](=O)[O-])c1. The molecule has 0 aliphatic carbocycles. The van der Waals surface area contributed by atoms with Crippen LogP contribution >= 0.6 is 23.2 Å². The van der Waals surface area contributed by atoms with Crippen LogP contribution in [0, 0.1) is 17.0 Å². The number of sulfonamides is 1. The van der Waals surface area contributed by atoms with Crippen LogP contribution in [0.1, 0.15) is 45.2 Å². The van der Waals surface area contributed by atoms with E-state index in [1.165, 1.54) is 61.4 Å². The van der Waals surface area contributed by atoms with Gasteiger partial charge in [0.2, 0.25) is 11.8 Å². The Hall–Kier alpha value is -3.87. The molecule has 0 saturated carbocycles. The molecule has 14 heteroatoms. The first-order chi connectivity index (χ1) is 21.0. The summed E-state index contributed by atoms with van der Waals surface area (Å²) in [6.45, 7) is 7.78. The lowest BCUT2D eigenvalue weighted by Gasteiger charge is -2.35. The highest BCUT2D eigenvalue weighted by molar-refractivity contribution is 7.92. The summed E-state index contributed by atoms with van der Waals surface area (Å²) in [5, 5.41) is 15.2. The highest BCUT2D eigenvalue weighted by Crippen LogP contribution is 2.30. The average molecular weight is 680 g/mol. The predicted octanol–water partition coefficient (Wildman–Crippen LogP) is 6.14. The van der Waals surface area contributed by atoms with E-state index in [2.05, 4.69) is 5.32 Å². The number of amides is 2. The quantitative estimate of drug-likeness (QED) is 0.179. The van der Waals surface area contributed by atoms with E-state index in [4.69, 9.17) is 27.9 Å². The molecule has 0 aliphatic heterocycles. The van der Waals surface area contributed by atoms with E-state index < -0.39 is 44.9 Å². The van der Waals surface area contributed by atoms with Gasteiger partial charge in [-0.1, -0.05) is 42.3 Å². The van der Waals surface area contributed by atoms with Crippen molar-refractivity contribution in [1.82, 2.24) is 10.2 Å². The fourth-order valence-corrected chi connectivity index (χ4v) is 6.46. The van der Waals surface area contributed by atoms with Crippen molar-refractivity contribution < 1.29 is 27.7 Å². The lowest BCUT2D eigenvalue weighted by atomic mass is 10.1. The molecule has 0 bridgehead atoms. The second-order valence-corrected chi connectivity index (χ2v) is 14.0. The lowest BCUT2D eigenvalue weighted by Crippen LogP contribution is -2.55. The Balaban J connectivity index is 2.15. The minimum absolute atomic E-state index is 0.101. The van der Waals surface area contributed by atoms with Crippen LogP contribution in [0.25, 0.3) is 0 Å². The van der Waals surface area contributed by atoms with Gasteiger partial charge in [0.1, 0.15) is 18.3 Å². The van der Waals surface area contributed by atoms with Crippen LogP contribution in [0.5, 0.6) is 5.75 Å². The van der Waals surface area contributed by atoms with Gasteiger partial charge in [0.25, 0.3) is 15.7 Å². The molecule has 0 unspecified atom stereocenters. The fraction of sp³-hybridized carbons (Fsp3) is 0.355. The van der Waals surface area contributed by atoms with Crippen molar-refractivity contribution in [3.05, 3.63) is 92.0 Å². The molecule has 2 amide bonds. The molecule has 3 rings (SSSR count). The summed E-state index contributed by atoms with van der Waals surface area (Å²) in [4.78, 5) is 39.6. The van der Waals surface area contributed by atoms with E-state index in [0.29, 0.717) is 16.3 Å². The summed E-state index contributed by atoms with van der Waals surface area (Å²) in [6.07, 6.45) is 0.207. The van der Waals surface area contributed by atoms with Crippen LogP contribution in [0.4, 0.5) is 11.4 Å². The van der Waals surface area contributed by atoms with E-state index in [1.807, 2.05) is 0 Å². The lowest BCUT2D eigenvalue weighted by molar-refractivity contribution is -0.385. The zero-order valence-electron chi connectivity index (χ0n) is 25.8. The summed E-state index contributed by atoms with van der Waals surface area (Å²) in [5.41, 5.74) is -0.141. The molecule has 0 spiro atoms.